The lowest BCUT2D eigenvalue weighted by molar-refractivity contribution is -0.137. The maximum absolute atomic E-state index is 12.5. The Morgan fingerprint density at radius 3 is 2.71 bits per heavy atom. The molecular formula is C14H13BrF3NOS. The lowest BCUT2D eigenvalue weighted by atomic mass is 10.2. The van der Waals surface area contributed by atoms with E-state index >= 15 is 0 Å². The number of ether oxygens (including phenoxy) is 1. The molecule has 1 aromatic carbocycles. The number of alkyl halides is 3. The predicted octanol–water partition coefficient (Wildman–Crippen LogP) is 4.70. The molecule has 21 heavy (non-hydrogen) atoms. The van der Waals surface area contributed by atoms with E-state index in [2.05, 4.69) is 21.2 Å². The molecule has 0 atom stereocenters. The SMILES string of the molecule is FC(F)(F)c1cccc(OCCNCc2cc(Br)cs2)c1. The van der Waals surface area contributed by atoms with Gasteiger partial charge in [0, 0.05) is 27.8 Å². The largest absolute Gasteiger partial charge is 0.492 e. The first kappa shape index (κ1) is 16.3. The molecule has 0 bridgehead atoms. The van der Waals surface area contributed by atoms with Gasteiger partial charge >= 0.3 is 6.18 Å². The smallest absolute Gasteiger partial charge is 0.416 e. The maximum Gasteiger partial charge on any atom is 0.416 e. The molecule has 1 heterocycles. The first-order valence-corrected chi connectivity index (χ1v) is 7.86. The maximum atomic E-state index is 12.5. The second-order valence-electron chi connectivity index (χ2n) is 4.28. The van der Waals surface area contributed by atoms with Crippen molar-refractivity contribution >= 4 is 27.3 Å². The van der Waals surface area contributed by atoms with E-state index in [-0.39, 0.29) is 5.75 Å². The lowest BCUT2D eigenvalue weighted by Crippen LogP contribution is -2.20. The number of thiophene rings is 1. The quantitative estimate of drug-likeness (QED) is 0.734. The van der Waals surface area contributed by atoms with Crippen molar-refractivity contribution in [3.8, 4) is 5.75 Å². The van der Waals surface area contributed by atoms with Crippen LogP contribution in [0.15, 0.2) is 40.2 Å². The molecule has 0 saturated heterocycles. The summed E-state index contributed by atoms with van der Waals surface area (Å²) < 4.78 is 44.0. The molecule has 1 N–H and O–H groups in total. The molecule has 114 valence electrons. The highest BCUT2D eigenvalue weighted by Crippen LogP contribution is 2.31. The molecule has 0 aliphatic rings. The van der Waals surface area contributed by atoms with Crippen LogP contribution in [0.2, 0.25) is 0 Å². The van der Waals surface area contributed by atoms with Crippen LogP contribution in [0.4, 0.5) is 13.2 Å². The van der Waals surface area contributed by atoms with Gasteiger partial charge in [0.15, 0.2) is 0 Å². The third-order valence-electron chi connectivity index (χ3n) is 2.63. The van der Waals surface area contributed by atoms with Gasteiger partial charge in [-0.3, -0.25) is 0 Å². The van der Waals surface area contributed by atoms with Crippen molar-refractivity contribution in [2.45, 2.75) is 12.7 Å². The summed E-state index contributed by atoms with van der Waals surface area (Å²) in [7, 11) is 0. The number of benzene rings is 1. The van der Waals surface area contributed by atoms with Crippen LogP contribution < -0.4 is 10.1 Å². The molecule has 7 heteroatoms. The van der Waals surface area contributed by atoms with Gasteiger partial charge in [0.1, 0.15) is 12.4 Å². The normalized spacial score (nSPS) is 11.6. The van der Waals surface area contributed by atoms with Gasteiger partial charge < -0.3 is 10.1 Å². The average Bonchev–Trinajstić information content (AvgIpc) is 2.83. The van der Waals surface area contributed by atoms with Crippen LogP contribution in [0, 0.1) is 0 Å². The molecule has 0 spiro atoms. The summed E-state index contributed by atoms with van der Waals surface area (Å²) in [4.78, 5) is 1.18. The van der Waals surface area contributed by atoms with Gasteiger partial charge in [0.2, 0.25) is 0 Å². The molecule has 0 radical (unpaired) electrons. The van der Waals surface area contributed by atoms with Crippen molar-refractivity contribution in [1.82, 2.24) is 5.32 Å². The van der Waals surface area contributed by atoms with Gasteiger partial charge in [-0.05, 0) is 40.2 Å². The van der Waals surface area contributed by atoms with Gasteiger partial charge in [0.05, 0.1) is 5.56 Å². The fourth-order valence-electron chi connectivity index (χ4n) is 1.66. The van der Waals surface area contributed by atoms with Gasteiger partial charge in [0.25, 0.3) is 0 Å². The van der Waals surface area contributed by atoms with Crippen LogP contribution in [-0.2, 0) is 12.7 Å². The second kappa shape index (κ2) is 7.29. The number of nitrogens with one attached hydrogen (secondary N) is 1. The van der Waals surface area contributed by atoms with Gasteiger partial charge in [-0.25, -0.2) is 0 Å². The summed E-state index contributed by atoms with van der Waals surface area (Å²) in [6, 6.07) is 6.92. The van der Waals surface area contributed by atoms with Crippen LogP contribution >= 0.6 is 27.3 Å². The van der Waals surface area contributed by atoms with E-state index in [4.69, 9.17) is 4.74 Å². The van der Waals surface area contributed by atoms with E-state index in [0.717, 1.165) is 16.6 Å². The molecule has 2 rings (SSSR count). The summed E-state index contributed by atoms with van der Waals surface area (Å²) in [5.74, 6) is 0.227. The van der Waals surface area contributed by atoms with Crippen LogP contribution in [-0.4, -0.2) is 13.2 Å². The molecule has 0 fully saturated rings. The fourth-order valence-corrected chi connectivity index (χ4v) is 3.08. The Labute approximate surface area is 133 Å². The van der Waals surface area contributed by atoms with E-state index in [1.54, 1.807) is 11.3 Å². The lowest BCUT2D eigenvalue weighted by Gasteiger charge is -2.10. The summed E-state index contributed by atoms with van der Waals surface area (Å²) in [5.41, 5.74) is -0.698. The first-order chi connectivity index (χ1) is 9.95. The van der Waals surface area contributed by atoms with E-state index < -0.39 is 11.7 Å². The second-order valence-corrected chi connectivity index (χ2v) is 6.19. The van der Waals surface area contributed by atoms with Crippen LogP contribution in [0.5, 0.6) is 5.75 Å². The van der Waals surface area contributed by atoms with Crippen LogP contribution in [0.25, 0.3) is 0 Å². The third-order valence-corrected chi connectivity index (χ3v) is 4.33. The minimum atomic E-state index is -4.34. The fraction of sp³-hybridized carbons (Fsp3) is 0.286. The first-order valence-electron chi connectivity index (χ1n) is 6.19. The minimum Gasteiger partial charge on any atom is -0.492 e. The number of hydrogen-bond acceptors (Lipinski definition) is 3. The summed E-state index contributed by atoms with van der Waals surface area (Å²) >= 11 is 5.01. The highest BCUT2D eigenvalue weighted by atomic mass is 79.9. The Hall–Kier alpha value is -1.05. The van der Waals surface area contributed by atoms with Crippen LogP contribution in [0.1, 0.15) is 10.4 Å². The summed E-state index contributed by atoms with van der Waals surface area (Å²) in [6.45, 7) is 1.59. The van der Waals surface area contributed by atoms with E-state index in [1.807, 2.05) is 11.4 Å². The summed E-state index contributed by atoms with van der Waals surface area (Å²) in [6.07, 6.45) is -4.34. The minimum absolute atomic E-state index is 0.227. The van der Waals surface area contributed by atoms with E-state index in [1.165, 1.54) is 17.0 Å². The van der Waals surface area contributed by atoms with Gasteiger partial charge in [-0.15, -0.1) is 11.3 Å². The predicted molar refractivity (Wildman–Crippen MR) is 80.7 cm³/mol. The Morgan fingerprint density at radius 2 is 2.05 bits per heavy atom. The number of rotatable bonds is 6. The number of halogens is 4. The van der Waals surface area contributed by atoms with Crippen molar-refractivity contribution < 1.29 is 17.9 Å². The molecule has 0 unspecified atom stereocenters. The Morgan fingerprint density at radius 1 is 1.24 bits per heavy atom. The topological polar surface area (TPSA) is 21.3 Å². The van der Waals surface area contributed by atoms with Crippen LogP contribution in [0.3, 0.4) is 0 Å². The van der Waals surface area contributed by atoms with Crippen molar-refractivity contribution in [3.63, 3.8) is 0 Å². The molecule has 2 nitrogen and oxygen atoms in total. The van der Waals surface area contributed by atoms with Gasteiger partial charge in [-0.2, -0.15) is 13.2 Å². The highest BCUT2D eigenvalue weighted by Gasteiger charge is 2.30. The molecular weight excluding hydrogens is 367 g/mol. The molecule has 0 amide bonds. The van der Waals surface area contributed by atoms with E-state index in [9.17, 15) is 13.2 Å². The summed E-state index contributed by atoms with van der Waals surface area (Å²) in [5, 5.41) is 5.17. The van der Waals surface area contributed by atoms with Crippen molar-refractivity contribution in [2.75, 3.05) is 13.2 Å². The zero-order valence-electron chi connectivity index (χ0n) is 10.9. The molecule has 2 aromatic rings. The monoisotopic (exact) mass is 379 g/mol. The van der Waals surface area contributed by atoms with Gasteiger partial charge in [-0.1, -0.05) is 6.07 Å². The Balaban J connectivity index is 1.73. The standard InChI is InChI=1S/C14H13BrF3NOS/c15-11-7-13(21-9-11)8-19-4-5-20-12-3-1-2-10(6-12)14(16,17)18/h1-3,6-7,9,19H,4-5,8H2. The van der Waals surface area contributed by atoms with Crippen molar-refractivity contribution in [2.24, 2.45) is 0 Å². The van der Waals surface area contributed by atoms with E-state index in [0.29, 0.717) is 19.7 Å². The molecule has 0 aliphatic heterocycles. The van der Waals surface area contributed by atoms with Crippen molar-refractivity contribution in [3.05, 3.63) is 50.6 Å². The highest BCUT2D eigenvalue weighted by molar-refractivity contribution is 9.10. The average molecular weight is 380 g/mol. The molecule has 0 aliphatic carbocycles. The Bertz CT molecular complexity index is 586. The zero-order valence-corrected chi connectivity index (χ0v) is 13.3. The Kier molecular flexibility index (Phi) is 5.66. The van der Waals surface area contributed by atoms with Crippen molar-refractivity contribution in [1.29, 1.82) is 0 Å². The third kappa shape index (κ3) is 5.33. The zero-order chi connectivity index (χ0) is 15.3. The molecule has 1 aromatic heterocycles. The number of hydrogen-bond donors (Lipinski definition) is 1. The molecule has 0 saturated carbocycles.